The zero-order chi connectivity index (χ0) is 15.4. The summed E-state index contributed by atoms with van der Waals surface area (Å²) in [4.78, 5) is 16.2. The summed E-state index contributed by atoms with van der Waals surface area (Å²) in [7, 11) is 0. The molecule has 0 radical (unpaired) electrons. The van der Waals surface area contributed by atoms with E-state index in [4.69, 9.17) is 16.1 Å². The lowest BCUT2D eigenvalue weighted by molar-refractivity contribution is -0.122. The van der Waals surface area contributed by atoms with Gasteiger partial charge in [0.2, 0.25) is 17.6 Å². The molecule has 1 aromatic heterocycles. The Hall–Kier alpha value is -1.63. The van der Waals surface area contributed by atoms with Crippen molar-refractivity contribution < 1.29 is 9.32 Å². The van der Waals surface area contributed by atoms with Crippen LogP contribution in [0.1, 0.15) is 18.7 Å². The van der Waals surface area contributed by atoms with E-state index in [1.807, 2.05) is 12.1 Å². The van der Waals surface area contributed by atoms with E-state index in [1.165, 1.54) is 0 Å². The summed E-state index contributed by atoms with van der Waals surface area (Å²) < 4.78 is 5.20. The number of carbonyl (C=O) groups excluding carboxylic acids is 1. The first kappa shape index (κ1) is 17.7. The molecule has 6 nitrogen and oxygen atoms in total. The molecule has 8 heteroatoms. The van der Waals surface area contributed by atoms with Crippen LogP contribution in [-0.2, 0) is 11.2 Å². The van der Waals surface area contributed by atoms with Crippen LogP contribution >= 0.6 is 24.0 Å². The molecule has 0 bridgehead atoms. The van der Waals surface area contributed by atoms with E-state index < -0.39 is 0 Å². The van der Waals surface area contributed by atoms with Crippen LogP contribution in [0, 0.1) is 0 Å². The van der Waals surface area contributed by atoms with Gasteiger partial charge in [-0.1, -0.05) is 16.8 Å². The molecule has 2 aromatic rings. The molecule has 0 saturated carbocycles. The van der Waals surface area contributed by atoms with Gasteiger partial charge < -0.3 is 15.2 Å². The van der Waals surface area contributed by atoms with Gasteiger partial charge in [-0.05, 0) is 43.7 Å². The van der Waals surface area contributed by atoms with Crippen LogP contribution in [0.15, 0.2) is 28.8 Å². The van der Waals surface area contributed by atoms with Gasteiger partial charge in [0.15, 0.2) is 0 Å². The third-order valence-corrected chi connectivity index (χ3v) is 3.84. The molecule has 1 atom stereocenters. The first-order chi connectivity index (χ1) is 10.7. The fraction of sp³-hybridized carbons (Fsp3) is 0.400. The summed E-state index contributed by atoms with van der Waals surface area (Å²) in [5.41, 5.74) is 0.846. The van der Waals surface area contributed by atoms with Crippen molar-refractivity contribution in [3.05, 3.63) is 35.2 Å². The van der Waals surface area contributed by atoms with Gasteiger partial charge in [0.05, 0.1) is 6.04 Å². The number of hydrogen-bond donors (Lipinski definition) is 2. The molecular formula is C15H18Cl2N4O2. The first-order valence-electron chi connectivity index (χ1n) is 7.32. The van der Waals surface area contributed by atoms with E-state index in [2.05, 4.69) is 20.8 Å². The summed E-state index contributed by atoms with van der Waals surface area (Å²) in [6, 6.07) is 7.17. The molecule has 2 N–H and O–H groups in total. The van der Waals surface area contributed by atoms with Crippen LogP contribution in [0.2, 0.25) is 5.02 Å². The second-order valence-corrected chi connectivity index (χ2v) is 5.65. The van der Waals surface area contributed by atoms with E-state index in [0.29, 0.717) is 29.7 Å². The number of carbonyl (C=O) groups is 1. The Morgan fingerprint density at radius 3 is 2.87 bits per heavy atom. The van der Waals surface area contributed by atoms with E-state index >= 15 is 0 Å². The Bertz CT molecular complexity index is 639. The Morgan fingerprint density at radius 1 is 1.39 bits per heavy atom. The minimum Gasteiger partial charge on any atom is -0.354 e. The zero-order valence-electron chi connectivity index (χ0n) is 12.4. The van der Waals surface area contributed by atoms with Gasteiger partial charge in [0, 0.05) is 23.6 Å². The van der Waals surface area contributed by atoms with Gasteiger partial charge in [-0.3, -0.25) is 4.79 Å². The number of rotatable bonds is 5. The molecule has 1 saturated heterocycles. The predicted octanol–water partition coefficient (Wildman–Crippen LogP) is 2.22. The average Bonchev–Trinajstić information content (AvgIpc) is 3.19. The fourth-order valence-electron chi connectivity index (χ4n) is 2.40. The van der Waals surface area contributed by atoms with E-state index in [9.17, 15) is 4.79 Å². The minimum atomic E-state index is -0.0627. The number of hydrogen-bond acceptors (Lipinski definition) is 5. The van der Waals surface area contributed by atoms with E-state index in [-0.39, 0.29) is 24.4 Å². The standard InChI is InChI=1S/C15H17ClN4O2.ClH/c16-11-5-3-10(4-6-11)14-19-13(22-20-14)7-9-18-15(21)12-2-1-8-17-12;/h3-6,12,17H,1-2,7-9H2,(H,18,21);1H. The molecule has 1 fully saturated rings. The molecule has 0 spiro atoms. The molecule has 3 rings (SSSR count). The van der Waals surface area contributed by atoms with E-state index in [0.717, 1.165) is 24.9 Å². The SMILES string of the molecule is Cl.O=C(NCCc1nc(-c2ccc(Cl)cc2)no1)C1CCCN1. The number of nitrogens with one attached hydrogen (secondary N) is 2. The maximum Gasteiger partial charge on any atom is 0.237 e. The molecule has 1 amide bonds. The zero-order valence-corrected chi connectivity index (χ0v) is 14.0. The minimum absolute atomic E-state index is 0. The second kappa shape index (κ2) is 8.29. The highest BCUT2D eigenvalue weighted by molar-refractivity contribution is 6.30. The Labute approximate surface area is 145 Å². The van der Waals surface area contributed by atoms with Gasteiger partial charge in [-0.15, -0.1) is 12.4 Å². The number of halogens is 2. The van der Waals surface area contributed by atoms with Gasteiger partial charge in [-0.25, -0.2) is 0 Å². The lowest BCUT2D eigenvalue weighted by atomic mass is 10.2. The van der Waals surface area contributed by atoms with Gasteiger partial charge >= 0.3 is 0 Å². The first-order valence-corrected chi connectivity index (χ1v) is 7.70. The molecule has 1 aliphatic heterocycles. The topological polar surface area (TPSA) is 80.1 Å². The van der Waals surface area contributed by atoms with Crippen LogP contribution in [0.5, 0.6) is 0 Å². The fourth-order valence-corrected chi connectivity index (χ4v) is 2.52. The monoisotopic (exact) mass is 356 g/mol. The molecule has 23 heavy (non-hydrogen) atoms. The maximum atomic E-state index is 11.8. The highest BCUT2D eigenvalue weighted by Crippen LogP contribution is 2.18. The van der Waals surface area contributed by atoms with Crippen molar-refractivity contribution in [2.24, 2.45) is 0 Å². The van der Waals surface area contributed by atoms with Crippen LogP contribution < -0.4 is 10.6 Å². The maximum absolute atomic E-state index is 11.8. The molecule has 2 heterocycles. The summed E-state index contributed by atoms with van der Waals surface area (Å²) >= 11 is 5.85. The largest absolute Gasteiger partial charge is 0.354 e. The normalized spacial score (nSPS) is 16.8. The van der Waals surface area contributed by atoms with Crippen molar-refractivity contribution in [3.63, 3.8) is 0 Å². The van der Waals surface area contributed by atoms with E-state index in [1.54, 1.807) is 12.1 Å². The quantitative estimate of drug-likeness (QED) is 0.858. The van der Waals surface area contributed by atoms with Crippen molar-refractivity contribution in [1.29, 1.82) is 0 Å². The summed E-state index contributed by atoms with van der Waals surface area (Å²) in [5, 5.41) is 10.6. The Kier molecular flexibility index (Phi) is 6.38. The summed E-state index contributed by atoms with van der Waals surface area (Å²) in [6.45, 7) is 1.39. The van der Waals surface area contributed by atoms with Crippen molar-refractivity contribution in [2.45, 2.75) is 25.3 Å². The van der Waals surface area contributed by atoms with Gasteiger partial charge in [0.1, 0.15) is 0 Å². The Morgan fingerprint density at radius 2 is 2.17 bits per heavy atom. The number of aromatic nitrogens is 2. The van der Waals surface area contributed by atoms with Crippen LogP contribution in [0.4, 0.5) is 0 Å². The molecular weight excluding hydrogens is 339 g/mol. The van der Waals surface area contributed by atoms with Crippen molar-refractivity contribution >= 4 is 29.9 Å². The molecule has 0 aliphatic carbocycles. The molecule has 1 unspecified atom stereocenters. The average molecular weight is 357 g/mol. The third kappa shape index (κ3) is 4.67. The summed E-state index contributed by atoms with van der Waals surface area (Å²) in [6.07, 6.45) is 2.46. The van der Waals surface area contributed by atoms with Crippen LogP contribution in [0.25, 0.3) is 11.4 Å². The predicted molar refractivity (Wildman–Crippen MR) is 89.7 cm³/mol. The lowest BCUT2D eigenvalue weighted by Crippen LogP contribution is -2.41. The molecule has 124 valence electrons. The number of nitrogens with zero attached hydrogens (tertiary/aromatic N) is 2. The molecule has 1 aliphatic rings. The number of benzene rings is 1. The van der Waals surface area contributed by atoms with Crippen molar-refractivity contribution in [1.82, 2.24) is 20.8 Å². The van der Waals surface area contributed by atoms with Gasteiger partial charge in [0.25, 0.3) is 0 Å². The third-order valence-electron chi connectivity index (χ3n) is 3.59. The van der Waals surface area contributed by atoms with Crippen LogP contribution in [-0.4, -0.2) is 35.2 Å². The number of amides is 1. The lowest BCUT2D eigenvalue weighted by Gasteiger charge is -2.09. The second-order valence-electron chi connectivity index (χ2n) is 5.21. The Balaban J connectivity index is 0.00000192. The molecule has 1 aromatic carbocycles. The summed E-state index contributed by atoms with van der Waals surface area (Å²) in [5.74, 6) is 1.06. The highest BCUT2D eigenvalue weighted by atomic mass is 35.5. The van der Waals surface area contributed by atoms with Crippen molar-refractivity contribution in [3.8, 4) is 11.4 Å². The smallest absolute Gasteiger partial charge is 0.237 e. The van der Waals surface area contributed by atoms with Crippen LogP contribution in [0.3, 0.4) is 0 Å². The van der Waals surface area contributed by atoms with Crippen molar-refractivity contribution in [2.75, 3.05) is 13.1 Å². The van der Waals surface area contributed by atoms with Gasteiger partial charge in [-0.2, -0.15) is 4.98 Å². The highest BCUT2D eigenvalue weighted by Gasteiger charge is 2.21.